The lowest BCUT2D eigenvalue weighted by Crippen LogP contribution is -2.36. The van der Waals surface area contributed by atoms with Crippen molar-refractivity contribution < 1.29 is 9.53 Å². The van der Waals surface area contributed by atoms with Crippen LogP contribution in [0.5, 0.6) is 0 Å². The Morgan fingerprint density at radius 2 is 2.17 bits per heavy atom. The fourth-order valence-corrected chi connectivity index (χ4v) is 3.25. The Balaban J connectivity index is 1.75. The summed E-state index contributed by atoms with van der Waals surface area (Å²) in [6.45, 7) is 6.34. The van der Waals surface area contributed by atoms with E-state index in [1.165, 1.54) is 5.69 Å². The molecule has 2 aliphatic heterocycles. The van der Waals surface area contributed by atoms with Gasteiger partial charge in [0.05, 0.1) is 13.2 Å². The molecule has 1 aromatic rings. The second-order valence-corrected chi connectivity index (χ2v) is 6.06. The summed E-state index contributed by atoms with van der Waals surface area (Å²) in [5, 5.41) is 3.60. The van der Waals surface area contributed by atoms with Gasteiger partial charge in [0.2, 0.25) is 5.91 Å². The van der Waals surface area contributed by atoms with Gasteiger partial charge in [0.15, 0.2) is 0 Å². The monoisotopic (exact) mass is 315 g/mol. The number of aryl methyl sites for hydroxylation is 1. The molecule has 0 spiro atoms. The minimum absolute atomic E-state index is 0.102. The first-order valence-corrected chi connectivity index (χ1v) is 7.93. The second kappa shape index (κ2) is 6.89. The molecule has 23 heavy (non-hydrogen) atoms. The molecule has 1 aromatic carbocycles. The minimum Gasteiger partial charge on any atom is -0.378 e. The Bertz CT molecular complexity index is 635. The van der Waals surface area contributed by atoms with Gasteiger partial charge in [0, 0.05) is 48.9 Å². The molecule has 2 heterocycles. The minimum atomic E-state index is 0.102. The van der Waals surface area contributed by atoms with Crippen molar-refractivity contribution in [1.29, 1.82) is 0 Å². The summed E-state index contributed by atoms with van der Waals surface area (Å²) in [4.78, 5) is 19.2. The second-order valence-electron chi connectivity index (χ2n) is 6.06. The van der Waals surface area contributed by atoms with E-state index in [1.54, 1.807) is 0 Å². The van der Waals surface area contributed by atoms with Crippen molar-refractivity contribution in [2.75, 3.05) is 49.2 Å². The maximum absolute atomic E-state index is 12.3. The molecule has 0 aromatic heterocycles. The van der Waals surface area contributed by atoms with Crippen LogP contribution in [0.4, 0.5) is 11.4 Å². The number of amides is 1. The molecular weight excluding hydrogens is 294 g/mol. The number of nitrogens with zero attached hydrogens (tertiary/aromatic N) is 5. The van der Waals surface area contributed by atoms with Crippen molar-refractivity contribution in [2.24, 2.45) is 11.0 Å². The van der Waals surface area contributed by atoms with Gasteiger partial charge >= 0.3 is 0 Å². The third-order valence-corrected chi connectivity index (χ3v) is 4.46. The maximum Gasteiger partial charge on any atom is 0.227 e. The fraction of sp³-hybridized carbons (Fsp3) is 0.562. The molecule has 0 bridgehead atoms. The van der Waals surface area contributed by atoms with Gasteiger partial charge in [-0.3, -0.25) is 4.79 Å². The van der Waals surface area contributed by atoms with E-state index in [0.717, 1.165) is 37.6 Å². The normalized spacial score (nSPS) is 21.4. The van der Waals surface area contributed by atoms with Crippen molar-refractivity contribution in [3.05, 3.63) is 34.2 Å². The lowest BCUT2D eigenvalue weighted by atomic mass is 10.1. The van der Waals surface area contributed by atoms with Crippen LogP contribution >= 0.6 is 0 Å². The van der Waals surface area contributed by atoms with E-state index in [-0.39, 0.29) is 11.8 Å². The standard InChI is InChI=1S/C16H21N5O2/c1-12-8-14(20-4-6-23-7-5-20)2-3-15(12)21-11-13(9-16(21)22)10-18-19-17/h2-3,8,13H,4-7,9-11H2,1H3. The van der Waals surface area contributed by atoms with Crippen LogP contribution in [0, 0.1) is 12.8 Å². The van der Waals surface area contributed by atoms with E-state index in [4.69, 9.17) is 10.3 Å². The van der Waals surface area contributed by atoms with Gasteiger partial charge < -0.3 is 14.5 Å². The van der Waals surface area contributed by atoms with E-state index in [9.17, 15) is 4.79 Å². The van der Waals surface area contributed by atoms with E-state index in [0.29, 0.717) is 19.5 Å². The van der Waals surface area contributed by atoms with Crippen molar-refractivity contribution >= 4 is 17.3 Å². The molecule has 1 amide bonds. The molecule has 0 aliphatic carbocycles. The van der Waals surface area contributed by atoms with Gasteiger partial charge in [0.1, 0.15) is 0 Å². The summed E-state index contributed by atoms with van der Waals surface area (Å²) in [5.74, 6) is 0.210. The van der Waals surface area contributed by atoms with Gasteiger partial charge in [-0.15, -0.1) is 0 Å². The highest BCUT2D eigenvalue weighted by atomic mass is 16.5. The van der Waals surface area contributed by atoms with Crippen molar-refractivity contribution in [1.82, 2.24) is 0 Å². The average molecular weight is 315 g/mol. The molecule has 7 heteroatoms. The number of carbonyl (C=O) groups excluding carboxylic acids is 1. The Labute approximate surface area is 135 Å². The van der Waals surface area contributed by atoms with Crippen molar-refractivity contribution in [2.45, 2.75) is 13.3 Å². The van der Waals surface area contributed by atoms with Gasteiger partial charge in [-0.25, -0.2) is 0 Å². The molecule has 2 saturated heterocycles. The van der Waals surface area contributed by atoms with E-state index in [2.05, 4.69) is 27.1 Å². The summed E-state index contributed by atoms with van der Waals surface area (Å²) in [6.07, 6.45) is 0.448. The molecule has 122 valence electrons. The van der Waals surface area contributed by atoms with Gasteiger partial charge in [-0.1, -0.05) is 5.11 Å². The molecule has 1 atom stereocenters. The zero-order valence-corrected chi connectivity index (χ0v) is 13.3. The van der Waals surface area contributed by atoms with E-state index < -0.39 is 0 Å². The molecular formula is C16H21N5O2. The first kappa shape index (κ1) is 15.6. The van der Waals surface area contributed by atoms with E-state index in [1.807, 2.05) is 17.9 Å². The Kier molecular flexibility index (Phi) is 4.69. The smallest absolute Gasteiger partial charge is 0.227 e. The van der Waals surface area contributed by atoms with Crippen molar-refractivity contribution in [3.8, 4) is 0 Å². The highest BCUT2D eigenvalue weighted by Gasteiger charge is 2.31. The van der Waals surface area contributed by atoms with E-state index >= 15 is 0 Å². The summed E-state index contributed by atoms with van der Waals surface area (Å²) in [5.41, 5.74) is 11.6. The van der Waals surface area contributed by atoms with Crippen LogP contribution in [0.3, 0.4) is 0 Å². The zero-order valence-electron chi connectivity index (χ0n) is 13.3. The number of hydrogen-bond donors (Lipinski definition) is 0. The number of benzene rings is 1. The largest absolute Gasteiger partial charge is 0.378 e. The Morgan fingerprint density at radius 1 is 1.39 bits per heavy atom. The summed E-state index contributed by atoms with van der Waals surface area (Å²) in [7, 11) is 0. The summed E-state index contributed by atoms with van der Waals surface area (Å²) in [6, 6.07) is 6.23. The van der Waals surface area contributed by atoms with Gasteiger partial charge in [-0.05, 0) is 42.1 Å². The molecule has 0 N–H and O–H groups in total. The van der Waals surface area contributed by atoms with Crippen LogP contribution in [0.1, 0.15) is 12.0 Å². The van der Waals surface area contributed by atoms with Gasteiger partial charge in [-0.2, -0.15) is 0 Å². The van der Waals surface area contributed by atoms with Crippen LogP contribution in [-0.4, -0.2) is 45.3 Å². The molecule has 2 fully saturated rings. The number of ether oxygens (including phenoxy) is 1. The van der Waals surface area contributed by atoms with Gasteiger partial charge in [0.25, 0.3) is 0 Å². The lowest BCUT2D eigenvalue weighted by Gasteiger charge is -2.30. The fourth-order valence-electron chi connectivity index (χ4n) is 3.25. The predicted octanol–water partition coefficient (Wildman–Crippen LogP) is 2.49. The summed E-state index contributed by atoms with van der Waals surface area (Å²) < 4.78 is 5.39. The third kappa shape index (κ3) is 3.41. The topological polar surface area (TPSA) is 81.5 Å². The average Bonchev–Trinajstić information content (AvgIpc) is 2.94. The molecule has 3 rings (SSSR count). The van der Waals surface area contributed by atoms with Crippen LogP contribution in [0.25, 0.3) is 10.4 Å². The Hall–Kier alpha value is -2.24. The number of anilines is 2. The van der Waals surface area contributed by atoms with Crippen LogP contribution in [0.2, 0.25) is 0 Å². The number of rotatable bonds is 4. The third-order valence-electron chi connectivity index (χ3n) is 4.46. The number of morpholine rings is 1. The molecule has 1 unspecified atom stereocenters. The first-order valence-electron chi connectivity index (χ1n) is 7.93. The lowest BCUT2D eigenvalue weighted by molar-refractivity contribution is -0.117. The quantitative estimate of drug-likeness (QED) is 0.486. The zero-order chi connectivity index (χ0) is 16.2. The number of hydrogen-bond acceptors (Lipinski definition) is 4. The van der Waals surface area contributed by atoms with Crippen LogP contribution < -0.4 is 9.80 Å². The SMILES string of the molecule is Cc1cc(N2CCOCC2)ccc1N1CC(CN=[N+]=[N-])CC1=O. The predicted molar refractivity (Wildman–Crippen MR) is 88.7 cm³/mol. The summed E-state index contributed by atoms with van der Waals surface area (Å²) >= 11 is 0. The highest BCUT2D eigenvalue weighted by molar-refractivity contribution is 5.96. The highest BCUT2D eigenvalue weighted by Crippen LogP contribution is 2.31. The molecule has 0 radical (unpaired) electrons. The number of carbonyl (C=O) groups is 1. The Morgan fingerprint density at radius 3 is 2.87 bits per heavy atom. The first-order chi connectivity index (χ1) is 11.2. The molecule has 0 saturated carbocycles. The molecule has 7 nitrogen and oxygen atoms in total. The van der Waals surface area contributed by atoms with Crippen LogP contribution in [0.15, 0.2) is 23.3 Å². The maximum atomic E-state index is 12.3. The molecule has 2 aliphatic rings. The number of azide groups is 1. The van der Waals surface area contributed by atoms with Crippen molar-refractivity contribution in [3.63, 3.8) is 0 Å². The van der Waals surface area contributed by atoms with Crippen LogP contribution in [-0.2, 0) is 9.53 Å².